The van der Waals surface area contributed by atoms with Gasteiger partial charge in [0.15, 0.2) is 0 Å². The second-order valence-electron chi connectivity index (χ2n) is 4.69. The molecule has 1 saturated heterocycles. The molecule has 0 aromatic heterocycles. The molecule has 21 heavy (non-hydrogen) atoms. The maximum atomic E-state index is 12.0. The molecule has 1 N–H and O–H groups in total. The third-order valence-electron chi connectivity index (χ3n) is 3.11. The molecule has 0 bridgehead atoms. The lowest BCUT2D eigenvalue weighted by molar-refractivity contribution is -0.131. The number of rotatable bonds is 6. The van der Waals surface area contributed by atoms with E-state index >= 15 is 0 Å². The van der Waals surface area contributed by atoms with Gasteiger partial charge in [0.2, 0.25) is 5.91 Å². The Morgan fingerprint density at radius 3 is 2.81 bits per heavy atom. The summed E-state index contributed by atoms with van der Waals surface area (Å²) in [5.41, 5.74) is 0. The van der Waals surface area contributed by atoms with Gasteiger partial charge in [0.25, 0.3) is 0 Å². The summed E-state index contributed by atoms with van der Waals surface area (Å²) < 4.78 is 5.60. The van der Waals surface area contributed by atoms with E-state index in [0.717, 1.165) is 23.8 Å². The van der Waals surface area contributed by atoms with Crippen molar-refractivity contribution in [2.75, 3.05) is 31.8 Å². The Balaban J connectivity index is 0.00000220. The molecular weight excluding hydrogens is 331 g/mol. The molecule has 0 spiro atoms. The van der Waals surface area contributed by atoms with E-state index in [2.05, 4.69) is 5.32 Å². The zero-order chi connectivity index (χ0) is 14.4. The number of likely N-dealkylation sites (N-methyl/N-ethyl adjacent to an activating group) is 1. The Hall–Kier alpha value is -0.620. The predicted molar refractivity (Wildman–Crippen MR) is 90.7 cm³/mol. The van der Waals surface area contributed by atoms with E-state index in [1.54, 1.807) is 28.8 Å². The molecule has 0 saturated carbocycles. The van der Waals surface area contributed by atoms with Gasteiger partial charge in [0.1, 0.15) is 5.75 Å². The van der Waals surface area contributed by atoms with Crippen LogP contribution in [0.5, 0.6) is 5.75 Å². The Bertz CT molecular complexity index is 439. The Kier molecular flexibility index (Phi) is 8.26. The van der Waals surface area contributed by atoms with Gasteiger partial charge in [-0.3, -0.25) is 10.1 Å². The van der Waals surface area contributed by atoms with E-state index in [1.165, 1.54) is 0 Å². The lowest BCUT2D eigenvalue weighted by Gasteiger charge is -2.20. The molecule has 118 valence electrons. The van der Waals surface area contributed by atoms with Crippen molar-refractivity contribution in [3.63, 3.8) is 0 Å². The predicted octanol–water partition coefficient (Wildman–Crippen LogP) is 2.65. The normalized spacial score (nSPS) is 17.1. The number of hydrogen-bond donors (Lipinski definition) is 1. The van der Waals surface area contributed by atoms with Crippen LogP contribution >= 0.6 is 35.8 Å². The summed E-state index contributed by atoms with van der Waals surface area (Å²) in [5.74, 6) is 2.70. The van der Waals surface area contributed by atoms with Gasteiger partial charge in [-0.15, -0.1) is 24.2 Å². The number of carbonyl (C=O) groups is 1. The van der Waals surface area contributed by atoms with E-state index in [4.69, 9.17) is 16.3 Å². The quantitative estimate of drug-likeness (QED) is 0.800. The molecule has 1 aromatic rings. The molecule has 1 heterocycles. The third-order valence-corrected chi connectivity index (χ3v) is 4.30. The zero-order valence-electron chi connectivity index (χ0n) is 11.9. The maximum absolute atomic E-state index is 12.0. The smallest absolute Gasteiger partial charge is 0.240 e. The molecule has 1 aliphatic rings. The summed E-state index contributed by atoms with van der Waals surface area (Å²) in [4.78, 5) is 13.8. The topological polar surface area (TPSA) is 41.6 Å². The maximum Gasteiger partial charge on any atom is 0.240 e. The van der Waals surface area contributed by atoms with Crippen molar-refractivity contribution < 1.29 is 9.53 Å². The first kappa shape index (κ1) is 18.4. The number of halogens is 2. The number of ether oxygens (including phenoxy) is 1. The van der Waals surface area contributed by atoms with Gasteiger partial charge in [-0.2, -0.15) is 0 Å². The molecular formula is C14H20Cl2N2O2S. The molecule has 1 aromatic carbocycles. The van der Waals surface area contributed by atoms with Gasteiger partial charge in [-0.25, -0.2) is 0 Å². The number of benzene rings is 1. The highest BCUT2D eigenvalue weighted by Gasteiger charge is 2.24. The van der Waals surface area contributed by atoms with Crippen molar-refractivity contribution in [1.82, 2.24) is 10.2 Å². The van der Waals surface area contributed by atoms with Crippen molar-refractivity contribution in [3.8, 4) is 5.75 Å². The first-order valence-corrected chi connectivity index (χ1v) is 8.14. The highest BCUT2D eigenvalue weighted by molar-refractivity contribution is 7.99. The van der Waals surface area contributed by atoms with Crippen LogP contribution in [0, 0.1) is 0 Å². The van der Waals surface area contributed by atoms with Crippen LogP contribution in [0.1, 0.15) is 6.42 Å². The molecule has 2 rings (SSSR count). The summed E-state index contributed by atoms with van der Waals surface area (Å²) in [6.45, 7) is 1.29. The highest BCUT2D eigenvalue weighted by atomic mass is 35.5. The molecule has 0 radical (unpaired) electrons. The van der Waals surface area contributed by atoms with Crippen LogP contribution < -0.4 is 10.1 Å². The number of carbonyl (C=O) groups excluding carboxylic acids is 1. The first-order chi connectivity index (χ1) is 9.66. The molecule has 7 heteroatoms. The molecule has 1 aliphatic heterocycles. The van der Waals surface area contributed by atoms with Crippen molar-refractivity contribution >= 4 is 41.7 Å². The number of hydrogen-bond acceptors (Lipinski definition) is 4. The van der Waals surface area contributed by atoms with Gasteiger partial charge >= 0.3 is 0 Å². The molecule has 1 fully saturated rings. The van der Waals surface area contributed by atoms with Crippen molar-refractivity contribution in [2.24, 2.45) is 0 Å². The van der Waals surface area contributed by atoms with Gasteiger partial charge in [-0.1, -0.05) is 11.6 Å². The average molecular weight is 351 g/mol. The SMILES string of the molecule is CN(CCCOc1ccc(Cl)cc1)C(=O)C1CSCN1.Cl. The number of amides is 1. The van der Waals surface area contributed by atoms with Gasteiger partial charge in [0, 0.05) is 30.2 Å². The van der Waals surface area contributed by atoms with Crippen LogP contribution in [-0.2, 0) is 4.79 Å². The third kappa shape index (κ3) is 5.94. The fraction of sp³-hybridized carbons (Fsp3) is 0.500. The van der Waals surface area contributed by atoms with E-state index < -0.39 is 0 Å². The Morgan fingerprint density at radius 2 is 2.19 bits per heavy atom. The monoisotopic (exact) mass is 350 g/mol. The van der Waals surface area contributed by atoms with Crippen LogP contribution in [0.3, 0.4) is 0 Å². The largest absolute Gasteiger partial charge is 0.494 e. The average Bonchev–Trinajstić information content (AvgIpc) is 2.98. The number of nitrogens with zero attached hydrogens (tertiary/aromatic N) is 1. The Labute approximate surface area is 141 Å². The summed E-state index contributed by atoms with van der Waals surface area (Å²) in [6, 6.07) is 7.27. The summed E-state index contributed by atoms with van der Waals surface area (Å²) in [5, 5.41) is 3.89. The van der Waals surface area contributed by atoms with Crippen molar-refractivity contribution in [2.45, 2.75) is 12.5 Å². The molecule has 4 nitrogen and oxygen atoms in total. The molecule has 0 aliphatic carbocycles. The van der Waals surface area contributed by atoms with Gasteiger partial charge < -0.3 is 9.64 Å². The highest BCUT2D eigenvalue weighted by Crippen LogP contribution is 2.15. The number of nitrogens with one attached hydrogen (secondary N) is 1. The zero-order valence-corrected chi connectivity index (χ0v) is 14.3. The van der Waals surface area contributed by atoms with Crippen molar-refractivity contribution in [1.29, 1.82) is 0 Å². The Morgan fingerprint density at radius 1 is 1.48 bits per heavy atom. The van der Waals surface area contributed by atoms with E-state index in [1.807, 2.05) is 19.2 Å². The van der Waals surface area contributed by atoms with Gasteiger partial charge in [0.05, 0.1) is 12.6 Å². The summed E-state index contributed by atoms with van der Waals surface area (Å²) in [6.07, 6.45) is 0.810. The minimum absolute atomic E-state index is 0. The molecule has 1 atom stereocenters. The summed E-state index contributed by atoms with van der Waals surface area (Å²) in [7, 11) is 1.84. The minimum Gasteiger partial charge on any atom is -0.494 e. The van der Waals surface area contributed by atoms with Crippen LogP contribution in [0.15, 0.2) is 24.3 Å². The van der Waals surface area contributed by atoms with E-state index in [9.17, 15) is 4.79 Å². The van der Waals surface area contributed by atoms with Crippen LogP contribution in [0.25, 0.3) is 0 Å². The van der Waals surface area contributed by atoms with Crippen LogP contribution in [0.2, 0.25) is 5.02 Å². The van der Waals surface area contributed by atoms with Crippen LogP contribution in [-0.4, -0.2) is 48.7 Å². The van der Waals surface area contributed by atoms with Gasteiger partial charge in [-0.05, 0) is 30.7 Å². The standard InChI is InChI=1S/C14H19ClN2O2S.ClH/c1-17(14(18)13-9-20-10-16-13)7-2-8-19-12-5-3-11(15)4-6-12;/h3-6,13,16H,2,7-10H2,1H3;1H. The lowest BCUT2D eigenvalue weighted by atomic mass is 10.3. The lowest BCUT2D eigenvalue weighted by Crippen LogP contribution is -2.43. The van der Waals surface area contributed by atoms with E-state index in [0.29, 0.717) is 18.2 Å². The second-order valence-corrected chi connectivity index (χ2v) is 6.15. The fourth-order valence-corrected chi connectivity index (χ4v) is 3.01. The first-order valence-electron chi connectivity index (χ1n) is 6.61. The number of thioether (sulfide) groups is 1. The summed E-state index contributed by atoms with van der Waals surface area (Å²) >= 11 is 7.56. The second kappa shape index (κ2) is 9.41. The molecule has 1 amide bonds. The van der Waals surface area contributed by atoms with Crippen LogP contribution in [0.4, 0.5) is 0 Å². The minimum atomic E-state index is -0.0258. The fourth-order valence-electron chi connectivity index (χ4n) is 1.95. The van der Waals surface area contributed by atoms with Crippen molar-refractivity contribution in [3.05, 3.63) is 29.3 Å². The van der Waals surface area contributed by atoms with E-state index in [-0.39, 0.29) is 24.4 Å². The molecule has 1 unspecified atom stereocenters.